The lowest BCUT2D eigenvalue weighted by Gasteiger charge is -2.25. The van der Waals surface area contributed by atoms with E-state index in [1.54, 1.807) is 19.1 Å². The van der Waals surface area contributed by atoms with Crippen LogP contribution < -0.4 is 0 Å². The molecule has 0 aliphatic carbocycles. The molecule has 2 rings (SSSR count). The van der Waals surface area contributed by atoms with E-state index in [1.165, 1.54) is 30.1 Å². The zero-order chi connectivity index (χ0) is 15.6. The number of phenols is 1. The number of phenolic OH excluding ortho intramolecular Hbond substituents is 1. The van der Waals surface area contributed by atoms with Crippen molar-refractivity contribution < 1.29 is 18.7 Å². The Labute approximate surface area is 121 Å². The van der Waals surface area contributed by atoms with Crippen LogP contribution in [0.1, 0.15) is 28.9 Å². The van der Waals surface area contributed by atoms with Gasteiger partial charge in [0.25, 0.3) is 5.91 Å². The van der Waals surface area contributed by atoms with Gasteiger partial charge in [0.2, 0.25) is 0 Å². The van der Waals surface area contributed by atoms with Crippen molar-refractivity contribution in [2.24, 2.45) is 0 Å². The highest BCUT2D eigenvalue weighted by molar-refractivity contribution is 5.94. The molecule has 2 aromatic rings. The molecule has 0 fully saturated rings. The van der Waals surface area contributed by atoms with Gasteiger partial charge in [0.1, 0.15) is 22.9 Å². The predicted octanol–water partition coefficient (Wildman–Crippen LogP) is 3.50. The van der Waals surface area contributed by atoms with Crippen LogP contribution in [0.4, 0.5) is 8.78 Å². The molecule has 1 atom stereocenters. The third kappa shape index (κ3) is 3.02. The molecule has 21 heavy (non-hydrogen) atoms. The van der Waals surface area contributed by atoms with Gasteiger partial charge in [-0.05, 0) is 36.8 Å². The first-order valence-corrected chi connectivity index (χ1v) is 6.42. The maximum atomic E-state index is 13.7. The van der Waals surface area contributed by atoms with Crippen LogP contribution in [0.5, 0.6) is 5.75 Å². The number of hydrogen-bond acceptors (Lipinski definition) is 2. The second-order valence-electron chi connectivity index (χ2n) is 4.78. The Hall–Kier alpha value is -2.43. The van der Waals surface area contributed by atoms with E-state index < -0.39 is 29.1 Å². The summed E-state index contributed by atoms with van der Waals surface area (Å²) < 4.78 is 27.3. The van der Waals surface area contributed by atoms with Crippen LogP contribution in [-0.4, -0.2) is 23.0 Å². The van der Waals surface area contributed by atoms with Crippen LogP contribution in [0.15, 0.2) is 42.5 Å². The quantitative estimate of drug-likeness (QED) is 0.940. The van der Waals surface area contributed by atoms with Crippen LogP contribution in [0.2, 0.25) is 0 Å². The van der Waals surface area contributed by atoms with Gasteiger partial charge >= 0.3 is 0 Å². The van der Waals surface area contributed by atoms with Crippen molar-refractivity contribution in [3.8, 4) is 5.75 Å². The highest BCUT2D eigenvalue weighted by Crippen LogP contribution is 2.24. The topological polar surface area (TPSA) is 40.5 Å². The van der Waals surface area contributed by atoms with Gasteiger partial charge in [-0.3, -0.25) is 4.79 Å². The first-order valence-electron chi connectivity index (χ1n) is 6.42. The lowest BCUT2D eigenvalue weighted by molar-refractivity contribution is 0.0732. The van der Waals surface area contributed by atoms with E-state index in [0.717, 1.165) is 17.7 Å². The normalized spacial score (nSPS) is 12.0. The molecule has 1 unspecified atom stereocenters. The van der Waals surface area contributed by atoms with Crippen molar-refractivity contribution in [1.82, 2.24) is 4.90 Å². The van der Waals surface area contributed by atoms with Crippen LogP contribution in [0.3, 0.4) is 0 Å². The third-order valence-corrected chi connectivity index (χ3v) is 3.45. The van der Waals surface area contributed by atoms with Crippen LogP contribution in [0.25, 0.3) is 0 Å². The minimum Gasteiger partial charge on any atom is -0.508 e. The summed E-state index contributed by atoms with van der Waals surface area (Å²) in [5.41, 5.74) is 0.186. The molecular formula is C16H15F2NO2. The monoisotopic (exact) mass is 291 g/mol. The van der Waals surface area contributed by atoms with Gasteiger partial charge in [0.05, 0.1) is 6.04 Å². The van der Waals surface area contributed by atoms with E-state index in [2.05, 4.69) is 0 Å². The summed E-state index contributed by atoms with van der Waals surface area (Å²) in [7, 11) is 1.48. The molecule has 1 N–H and O–H groups in total. The summed E-state index contributed by atoms with van der Waals surface area (Å²) in [5, 5.41) is 9.26. The van der Waals surface area contributed by atoms with E-state index >= 15 is 0 Å². The standard InChI is InChI=1S/C16H15F2NO2/c1-10(11-6-8-12(20)9-7-11)19(2)16(21)15-13(17)4-3-5-14(15)18/h3-10,20H,1-2H3. The highest BCUT2D eigenvalue weighted by Gasteiger charge is 2.24. The van der Waals surface area contributed by atoms with Gasteiger partial charge < -0.3 is 10.0 Å². The average molecular weight is 291 g/mol. The molecule has 1 amide bonds. The number of benzene rings is 2. The van der Waals surface area contributed by atoms with Crippen molar-refractivity contribution >= 4 is 5.91 Å². The maximum Gasteiger partial charge on any atom is 0.260 e. The molecule has 0 aliphatic heterocycles. The Bertz CT molecular complexity index is 636. The Balaban J connectivity index is 2.28. The Morgan fingerprint density at radius 2 is 1.62 bits per heavy atom. The summed E-state index contributed by atoms with van der Waals surface area (Å²) in [6.45, 7) is 1.74. The van der Waals surface area contributed by atoms with E-state index in [0.29, 0.717) is 0 Å². The molecule has 0 saturated heterocycles. The molecule has 0 aromatic heterocycles. The largest absolute Gasteiger partial charge is 0.508 e. The molecule has 0 bridgehead atoms. The summed E-state index contributed by atoms with van der Waals surface area (Å²) in [4.78, 5) is 13.5. The van der Waals surface area contributed by atoms with E-state index in [4.69, 9.17) is 0 Å². The Morgan fingerprint density at radius 1 is 1.10 bits per heavy atom. The SMILES string of the molecule is CC(c1ccc(O)cc1)N(C)C(=O)c1c(F)cccc1F. The molecule has 0 aliphatic rings. The number of carbonyl (C=O) groups is 1. The summed E-state index contributed by atoms with van der Waals surface area (Å²) in [6.07, 6.45) is 0. The molecule has 2 aromatic carbocycles. The van der Waals surface area contributed by atoms with Crippen molar-refractivity contribution in [3.05, 3.63) is 65.2 Å². The predicted molar refractivity (Wildman–Crippen MR) is 75.0 cm³/mol. The number of carbonyl (C=O) groups excluding carboxylic acids is 1. The molecule has 5 heteroatoms. The lowest BCUT2D eigenvalue weighted by atomic mass is 10.1. The first-order chi connectivity index (χ1) is 9.91. The fraction of sp³-hybridized carbons (Fsp3) is 0.188. The number of aromatic hydroxyl groups is 1. The number of amides is 1. The van der Waals surface area contributed by atoms with Crippen molar-refractivity contribution in [2.75, 3.05) is 7.05 Å². The van der Waals surface area contributed by atoms with Crippen LogP contribution in [-0.2, 0) is 0 Å². The van der Waals surface area contributed by atoms with Crippen LogP contribution >= 0.6 is 0 Å². The van der Waals surface area contributed by atoms with Crippen molar-refractivity contribution in [3.63, 3.8) is 0 Å². The van der Waals surface area contributed by atoms with Crippen LogP contribution in [0, 0.1) is 11.6 Å². The van der Waals surface area contributed by atoms with Gasteiger partial charge in [0, 0.05) is 7.05 Å². The summed E-state index contributed by atoms with van der Waals surface area (Å²) in [5.74, 6) is -2.39. The third-order valence-electron chi connectivity index (χ3n) is 3.45. The molecular weight excluding hydrogens is 276 g/mol. The maximum absolute atomic E-state index is 13.7. The summed E-state index contributed by atoms with van der Waals surface area (Å²) in [6, 6.07) is 9.22. The van der Waals surface area contributed by atoms with Gasteiger partial charge in [-0.1, -0.05) is 18.2 Å². The number of rotatable bonds is 3. The van der Waals surface area contributed by atoms with Crippen molar-refractivity contribution in [1.29, 1.82) is 0 Å². The molecule has 3 nitrogen and oxygen atoms in total. The molecule has 110 valence electrons. The fourth-order valence-corrected chi connectivity index (χ4v) is 2.03. The first kappa shape index (κ1) is 15.0. The van der Waals surface area contributed by atoms with Crippen molar-refractivity contribution in [2.45, 2.75) is 13.0 Å². The van der Waals surface area contributed by atoms with Gasteiger partial charge in [0.15, 0.2) is 0 Å². The zero-order valence-corrected chi connectivity index (χ0v) is 11.7. The Morgan fingerprint density at radius 3 is 2.14 bits per heavy atom. The summed E-state index contributed by atoms with van der Waals surface area (Å²) >= 11 is 0. The lowest BCUT2D eigenvalue weighted by Crippen LogP contribution is -2.31. The molecule has 0 heterocycles. The number of hydrogen-bond donors (Lipinski definition) is 1. The zero-order valence-electron chi connectivity index (χ0n) is 11.7. The minimum atomic E-state index is -0.884. The smallest absolute Gasteiger partial charge is 0.260 e. The second kappa shape index (κ2) is 5.91. The van der Waals surface area contributed by atoms with Gasteiger partial charge in [-0.15, -0.1) is 0 Å². The highest BCUT2D eigenvalue weighted by atomic mass is 19.1. The number of halogens is 2. The Kier molecular flexibility index (Phi) is 4.21. The molecule has 0 radical (unpaired) electrons. The van der Waals surface area contributed by atoms with E-state index in [9.17, 15) is 18.7 Å². The second-order valence-corrected chi connectivity index (χ2v) is 4.78. The average Bonchev–Trinajstić information content (AvgIpc) is 2.46. The molecule has 0 saturated carbocycles. The van der Waals surface area contributed by atoms with E-state index in [1.807, 2.05) is 0 Å². The van der Waals surface area contributed by atoms with Gasteiger partial charge in [-0.2, -0.15) is 0 Å². The van der Waals surface area contributed by atoms with Gasteiger partial charge in [-0.25, -0.2) is 8.78 Å². The van der Waals surface area contributed by atoms with E-state index in [-0.39, 0.29) is 5.75 Å². The fourth-order valence-electron chi connectivity index (χ4n) is 2.03. The molecule has 0 spiro atoms. The minimum absolute atomic E-state index is 0.111. The number of nitrogens with zero attached hydrogens (tertiary/aromatic N) is 1.